The van der Waals surface area contributed by atoms with Gasteiger partial charge in [-0.25, -0.2) is 4.98 Å². The summed E-state index contributed by atoms with van der Waals surface area (Å²) in [4.78, 5) is 17.6. The summed E-state index contributed by atoms with van der Waals surface area (Å²) in [6.45, 7) is 7.15. The molecule has 0 radical (unpaired) electrons. The molecular weight excluding hydrogens is 266 g/mol. The maximum absolute atomic E-state index is 11.2. The monoisotopic (exact) mass is 289 g/mol. The predicted molar refractivity (Wildman–Crippen MR) is 84.2 cm³/mol. The number of likely N-dealkylation sites (N-methyl/N-ethyl adjacent to an activating group) is 1. The van der Waals surface area contributed by atoms with Gasteiger partial charge in [-0.05, 0) is 32.9 Å². The Bertz CT molecular complexity index is 641. The third-order valence-corrected chi connectivity index (χ3v) is 3.15. The lowest BCUT2D eigenvalue weighted by molar-refractivity contribution is -0.116. The number of primary amides is 1. The maximum Gasteiger partial charge on any atom is 0.236 e. The molecule has 2 aromatic heterocycles. The largest absolute Gasteiger partial charge is 0.368 e. The summed E-state index contributed by atoms with van der Waals surface area (Å²) < 4.78 is 2.03. The molecule has 2 heterocycles. The van der Waals surface area contributed by atoms with Crippen LogP contribution in [0.2, 0.25) is 0 Å². The number of pyridine rings is 1. The van der Waals surface area contributed by atoms with Gasteiger partial charge in [0, 0.05) is 25.3 Å². The number of aromatic nitrogens is 2. The van der Waals surface area contributed by atoms with E-state index in [9.17, 15) is 4.79 Å². The average molecular weight is 289 g/mol. The van der Waals surface area contributed by atoms with Crippen molar-refractivity contribution < 1.29 is 4.79 Å². The fourth-order valence-electron chi connectivity index (χ4n) is 2.16. The van der Waals surface area contributed by atoms with Crippen LogP contribution in [0.3, 0.4) is 0 Å². The minimum atomic E-state index is -0.371. The zero-order valence-corrected chi connectivity index (χ0v) is 13.1. The van der Waals surface area contributed by atoms with Crippen molar-refractivity contribution in [1.29, 1.82) is 0 Å². The molecule has 0 saturated heterocycles. The Morgan fingerprint density at radius 3 is 2.76 bits per heavy atom. The van der Waals surface area contributed by atoms with Crippen molar-refractivity contribution in [3.63, 3.8) is 0 Å². The fraction of sp³-hybridized carbons (Fsp3) is 0.467. The average Bonchev–Trinajstić information content (AvgIpc) is 2.73. The van der Waals surface area contributed by atoms with Crippen molar-refractivity contribution in [1.82, 2.24) is 14.7 Å². The van der Waals surface area contributed by atoms with Crippen molar-refractivity contribution in [2.75, 3.05) is 18.5 Å². The van der Waals surface area contributed by atoms with Gasteiger partial charge in [0.05, 0.1) is 12.2 Å². The minimum Gasteiger partial charge on any atom is -0.368 e. The summed E-state index contributed by atoms with van der Waals surface area (Å²) in [5.41, 5.74) is 7.16. The van der Waals surface area contributed by atoms with Gasteiger partial charge in [0.2, 0.25) is 5.91 Å². The van der Waals surface area contributed by atoms with Crippen molar-refractivity contribution in [2.24, 2.45) is 5.73 Å². The summed E-state index contributed by atoms with van der Waals surface area (Å²) in [6, 6.07) is 5.86. The van der Waals surface area contributed by atoms with E-state index in [4.69, 9.17) is 5.73 Å². The van der Waals surface area contributed by atoms with Gasteiger partial charge in [0.1, 0.15) is 5.65 Å². The van der Waals surface area contributed by atoms with Crippen LogP contribution in [0.25, 0.3) is 5.65 Å². The number of amides is 1. The van der Waals surface area contributed by atoms with E-state index in [2.05, 4.69) is 31.1 Å². The van der Waals surface area contributed by atoms with Gasteiger partial charge < -0.3 is 20.4 Å². The molecule has 0 aliphatic rings. The van der Waals surface area contributed by atoms with Crippen molar-refractivity contribution in [3.05, 3.63) is 30.1 Å². The number of fused-ring (bicyclic) bond motifs is 1. The summed E-state index contributed by atoms with van der Waals surface area (Å²) in [5, 5.41) is 3.46. The molecule has 1 amide bonds. The van der Waals surface area contributed by atoms with Crippen LogP contribution in [-0.2, 0) is 11.3 Å². The highest BCUT2D eigenvalue weighted by molar-refractivity contribution is 5.79. The first-order chi connectivity index (χ1) is 9.78. The first-order valence-corrected chi connectivity index (χ1v) is 6.98. The van der Waals surface area contributed by atoms with Gasteiger partial charge in [-0.2, -0.15) is 0 Å². The molecule has 0 saturated carbocycles. The molecule has 2 aromatic rings. The summed E-state index contributed by atoms with van der Waals surface area (Å²) in [5.74, 6) is 0.404. The van der Waals surface area contributed by atoms with E-state index in [0.717, 1.165) is 17.2 Å². The lowest BCUT2D eigenvalue weighted by atomic mass is 10.1. The van der Waals surface area contributed by atoms with E-state index in [1.54, 1.807) is 4.90 Å². The van der Waals surface area contributed by atoms with Gasteiger partial charge in [-0.1, -0.05) is 6.07 Å². The van der Waals surface area contributed by atoms with Gasteiger partial charge in [0.15, 0.2) is 5.82 Å². The lowest BCUT2D eigenvalue weighted by Crippen LogP contribution is -2.36. The van der Waals surface area contributed by atoms with E-state index in [-0.39, 0.29) is 18.0 Å². The molecule has 0 fully saturated rings. The van der Waals surface area contributed by atoms with E-state index >= 15 is 0 Å². The van der Waals surface area contributed by atoms with Crippen LogP contribution < -0.4 is 16.0 Å². The van der Waals surface area contributed by atoms with Crippen LogP contribution in [0.15, 0.2) is 24.4 Å². The Morgan fingerprint density at radius 1 is 1.43 bits per heavy atom. The number of nitrogens with one attached hydrogen (secondary N) is 1. The molecule has 0 aliphatic carbocycles. The second-order valence-corrected chi connectivity index (χ2v) is 6.24. The number of carbonyl (C=O) groups excluding carboxylic acids is 1. The normalized spacial score (nSPS) is 11.8. The van der Waals surface area contributed by atoms with E-state index in [1.165, 1.54) is 0 Å². The summed E-state index contributed by atoms with van der Waals surface area (Å²) in [6.07, 6.45) is 1.98. The lowest BCUT2D eigenvalue weighted by Gasteiger charge is -2.22. The molecule has 6 nitrogen and oxygen atoms in total. The SMILES string of the molecule is CN(CC(N)=O)c1nc2ccccn2c1CNC(C)(C)C. The number of imidazole rings is 1. The van der Waals surface area contributed by atoms with Crippen molar-refractivity contribution in [2.45, 2.75) is 32.9 Å². The molecular formula is C15H23N5O. The zero-order valence-electron chi connectivity index (χ0n) is 13.1. The summed E-state index contributed by atoms with van der Waals surface area (Å²) in [7, 11) is 1.83. The highest BCUT2D eigenvalue weighted by atomic mass is 16.1. The van der Waals surface area contributed by atoms with Crippen molar-refractivity contribution in [3.8, 4) is 0 Å². The molecule has 0 atom stereocenters. The van der Waals surface area contributed by atoms with Crippen LogP contribution in [-0.4, -0.2) is 34.4 Å². The Morgan fingerprint density at radius 2 is 2.14 bits per heavy atom. The number of rotatable bonds is 5. The van der Waals surface area contributed by atoms with E-state index in [1.807, 2.05) is 35.8 Å². The molecule has 0 unspecified atom stereocenters. The Balaban J connectivity index is 2.40. The minimum absolute atomic E-state index is 0.00153. The highest BCUT2D eigenvalue weighted by Crippen LogP contribution is 2.21. The number of carbonyl (C=O) groups is 1. The molecule has 3 N–H and O–H groups in total. The zero-order chi connectivity index (χ0) is 15.6. The first kappa shape index (κ1) is 15.3. The van der Waals surface area contributed by atoms with Gasteiger partial charge in [0.25, 0.3) is 0 Å². The van der Waals surface area contributed by atoms with Crippen LogP contribution in [0.4, 0.5) is 5.82 Å². The van der Waals surface area contributed by atoms with Gasteiger partial charge in [-0.3, -0.25) is 4.79 Å². The molecule has 0 aliphatic heterocycles. The molecule has 114 valence electrons. The van der Waals surface area contributed by atoms with Crippen LogP contribution in [0.5, 0.6) is 0 Å². The van der Waals surface area contributed by atoms with E-state index in [0.29, 0.717) is 6.54 Å². The molecule has 6 heteroatoms. The first-order valence-electron chi connectivity index (χ1n) is 6.98. The Labute approximate surface area is 124 Å². The molecule has 2 rings (SSSR count). The van der Waals surface area contributed by atoms with E-state index < -0.39 is 0 Å². The smallest absolute Gasteiger partial charge is 0.236 e. The number of hydrogen-bond donors (Lipinski definition) is 2. The molecule has 0 spiro atoms. The standard InChI is InChI=1S/C15H23N5O/c1-15(2,3)17-9-11-14(19(4)10-12(16)21)18-13-7-5-6-8-20(11)13/h5-8,17H,9-10H2,1-4H3,(H2,16,21). The quantitative estimate of drug-likeness (QED) is 0.865. The van der Waals surface area contributed by atoms with Gasteiger partial charge in [-0.15, -0.1) is 0 Å². The predicted octanol–water partition coefficient (Wildman–Crippen LogP) is 1.14. The number of nitrogens with zero attached hydrogens (tertiary/aromatic N) is 3. The summed E-state index contributed by atoms with van der Waals surface area (Å²) >= 11 is 0. The number of hydrogen-bond acceptors (Lipinski definition) is 4. The van der Waals surface area contributed by atoms with Crippen LogP contribution >= 0.6 is 0 Å². The topological polar surface area (TPSA) is 75.7 Å². The van der Waals surface area contributed by atoms with Crippen LogP contribution in [0.1, 0.15) is 26.5 Å². The molecule has 0 bridgehead atoms. The number of nitrogens with two attached hydrogens (primary N) is 1. The Hall–Kier alpha value is -2.08. The molecule has 0 aromatic carbocycles. The fourth-order valence-corrected chi connectivity index (χ4v) is 2.16. The van der Waals surface area contributed by atoms with Crippen LogP contribution in [0, 0.1) is 0 Å². The Kier molecular flexibility index (Phi) is 4.18. The molecule has 21 heavy (non-hydrogen) atoms. The third kappa shape index (κ3) is 3.72. The second-order valence-electron chi connectivity index (χ2n) is 6.24. The third-order valence-electron chi connectivity index (χ3n) is 3.15. The maximum atomic E-state index is 11.2. The second kappa shape index (κ2) is 5.73. The van der Waals surface area contributed by atoms with Crippen molar-refractivity contribution >= 4 is 17.4 Å². The van der Waals surface area contributed by atoms with Gasteiger partial charge >= 0.3 is 0 Å². The highest BCUT2D eigenvalue weighted by Gasteiger charge is 2.18. The number of anilines is 1.